The fraction of sp³-hybridized carbons (Fsp3) is 0.250. The highest BCUT2D eigenvalue weighted by atomic mass is 35.5. The van der Waals surface area contributed by atoms with Crippen LogP contribution in [0.1, 0.15) is 10.4 Å². The molecule has 0 saturated carbocycles. The van der Waals surface area contributed by atoms with Crippen molar-refractivity contribution in [2.75, 3.05) is 43.8 Å². The lowest BCUT2D eigenvalue weighted by molar-refractivity contribution is -0.135. The van der Waals surface area contributed by atoms with Gasteiger partial charge in [-0.3, -0.25) is 4.79 Å². The van der Waals surface area contributed by atoms with Crippen molar-refractivity contribution in [3.05, 3.63) is 59.1 Å². The van der Waals surface area contributed by atoms with Gasteiger partial charge in [-0.25, -0.2) is 9.59 Å². The quantitative estimate of drug-likeness (QED) is 0.588. The third kappa shape index (κ3) is 5.39. The third-order valence-electron chi connectivity index (χ3n) is 4.50. The number of halogens is 1. The fourth-order valence-electron chi connectivity index (χ4n) is 2.86. The number of nitrogens with zero attached hydrogens (tertiary/aromatic N) is 2. The van der Waals surface area contributed by atoms with Gasteiger partial charge in [0.2, 0.25) is 0 Å². The van der Waals surface area contributed by atoms with Gasteiger partial charge < -0.3 is 25.6 Å². The average Bonchev–Trinajstić information content (AvgIpc) is 2.74. The van der Waals surface area contributed by atoms with Crippen LogP contribution in [0.3, 0.4) is 0 Å². The SMILES string of the molecule is Nc1cc(C(=O)OCC(=O)N2CCN(C(=O)Nc3ccccc3)CC2)ccc1Cl. The van der Waals surface area contributed by atoms with E-state index >= 15 is 0 Å². The number of anilines is 2. The second-order valence-electron chi connectivity index (χ2n) is 6.48. The minimum atomic E-state index is -0.650. The van der Waals surface area contributed by atoms with Crippen molar-refractivity contribution in [2.45, 2.75) is 0 Å². The van der Waals surface area contributed by atoms with Crippen molar-refractivity contribution in [3.8, 4) is 0 Å². The zero-order valence-corrected chi connectivity index (χ0v) is 16.4. The number of urea groups is 1. The van der Waals surface area contributed by atoms with Crippen LogP contribution in [0.15, 0.2) is 48.5 Å². The molecule has 8 nitrogen and oxygen atoms in total. The Morgan fingerprint density at radius 3 is 2.31 bits per heavy atom. The Balaban J connectivity index is 1.44. The molecule has 3 amide bonds. The molecule has 0 radical (unpaired) electrons. The number of ether oxygens (including phenoxy) is 1. The predicted molar refractivity (Wildman–Crippen MR) is 110 cm³/mol. The zero-order chi connectivity index (χ0) is 20.8. The summed E-state index contributed by atoms with van der Waals surface area (Å²) in [7, 11) is 0. The van der Waals surface area contributed by atoms with Gasteiger partial charge in [0.05, 0.1) is 16.3 Å². The number of benzene rings is 2. The Morgan fingerprint density at radius 2 is 1.66 bits per heavy atom. The van der Waals surface area contributed by atoms with Crippen LogP contribution in [0.4, 0.5) is 16.2 Å². The number of esters is 1. The second kappa shape index (κ2) is 9.29. The zero-order valence-electron chi connectivity index (χ0n) is 15.6. The lowest BCUT2D eigenvalue weighted by Gasteiger charge is -2.34. The van der Waals surface area contributed by atoms with E-state index in [9.17, 15) is 14.4 Å². The van der Waals surface area contributed by atoms with Gasteiger partial charge in [-0.05, 0) is 30.3 Å². The molecule has 0 aliphatic carbocycles. The molecule has 0 aromatic heterocycles. The van der Waals surface area contributed by atoms with Crippen LogP contribution >= 0.6 is 11.6 Å². The molecular weight excluding hydrogens is 396 g/mol. The normalized spacial score (nSPS) is 13.7. The highest BCUT2D eigenvalue weighted by Gasteiger charge is 2.25. The molecule has 0 bridgehead atoms. The van der Waals surface area contributed by atoms with Crippen LogP contribution in [0.25, 0.3) is 0 Å². The van der Waals surface area contributed by atoms with E-state index in [4.69, 9.17) is 22.1 Å². The Labute approximate surface area is 173 Å². The van der Waals surface area contributed by atoms with Crippen LogP contribution in [0, 0.1) is 0 Å². The average molecular weight is 417 g/mol. The highest BCUT2D eigenvalue weighted by Crippen LogP contribution is 2.20. The first kappa shape index (κ1) is 20.5. The van der Waals surface area contributed by atoms with E-state index in [-0.39, 0.29) is 29.8 Å². The largest absolute Gasteiger partial charge is 0.452 e. The van der Waals surface area contributed by atoms with Gasteiger partial charge in [-0.15, -0.1) is 0 Å². The standard InChI is InChI=1S/C20H21ClN4O4/c21-16-7-6-14(12-17(16)22)19(27)29-13-18(26)24-8-10-25(11-9-24)20(28)23-15-4-2-1-3-5-15/h1-7,12H,8-11,13,22H2,(H,23,28). The van der Waals surface area contributed by atoms with Crippen molar-refractivity contribution in [3.63, 3.8) is 0 Å². The highest BCUT2D eigenvalue weighted by molar-refractivity contribution is 6.33. The summed E-state index contributed by atoms with van der Waals surface area (Å²) in [5.74, 6) is -0.967. The number of piperazine rings is 1. The van der Waals surface area contributed by atoms with E-state index in [1.807, 2.05) is 18.2 Å². The van der Waals surface area contributed by atoms with E-state index < -0.39 is 5.97 Å². The first-order valence-electron chi connectivity index (χ1n) is 9.05. The molecule has 2 aromatic rings. The topological polar surface area (TPSA) is 105 Å². The first-order valence-corrected chi connectivity index (χ1v) is 9.43. The summed E-state index contributed by atoms with van der Waals surface area (Å²) in [5.41, 5.74) is 6.86. The van der Waals surface area contributed by atoms with Crippen molar-refractivity contribution in [2.24, 2.45) is 0 Å². The number of amides is 3. The molecule has 0 spiro atoms. The van der Waals surface area contributed by atoms with Gasteiger partial charge >= 0.3 is 12.0 Å². The molecule has 0 atom stereocenters. The smallest absolute Gasteiger partial charge is 0.338 e. The molecule has 1 heterocycles. The molecule has 1 fully saturated rings. The number of hydrogen-bond donors (Lipinski definition) is 2. The number of nitrogens with two attached hydrogens (primary N) is 1. The monoisotopic (exact) mass is 416 g/mol. The van der Waals surface area contributed by atoms with Crippen molar-refractivity contribution in [1.82, 2.24) is 9.80 Å². The molecule has 29 heavy (non-hydrogen) atoms. The fourth-order valence-corrected chi connectivity index (χ4v) is 2.97. The number of rotatable bonds is 4. The van der Waals surface area contributed by atoms with Crippen LogP contribution in [-0.2, 0) is 9.53 Å². The van der Waals surface area contributed by atoms with E-state index in [1.165, 1.54) is 18.2 Å². The number of carbonyl (C=O) groups is 3. The van der Waals surface area contributed by atoms with Crippen LogP contribution < -0.4 is 11.1 Å². The molecule has 2 aromatic carbocycles. The second-order valence-corrected chi connectivity index (χ2v) is 6.88. The van der Waals surface area contributed by atoms with Gasteiger partial charge in [0.25, 0.3) is 5.91 Å². The van der Waals surface area contributed by atoms with Crippen molar-refractivity contribution < 1.29 is 19.1 Å². The molecular formula is C20H21ClN4O4. The number of carbonyl (C=O) groups excluding carboxylic acids is 3. The first-order chi connectivity index (χ1) is 13.9. The summed E-state index contributed by atoms with van der Waals surface area (Å²) < 4.78 is 5.07. The number of para-hydroxylation sites is 1. The Kier molecular flexibility index (Phi) is 6.56. The summed E-state index contributed by atoms with van der Waals surface area (Å²) in [6, 6.07) is 13.3. The summed E-state index contributed by atoms with van der Waals surface area (Å²) in [6.07, 6.45) is 0. The molecule has 1 aliphatic rings. The molecule has 1 aliphatic heterocycles. The lowest BCUT2D eigenvalue weighted by atomic mass is 10.2. The summed E-state index contributed by atoms with van der Waals surface area (Å²) in [4.78, 5) is 39.9. The maximum absolute atomic E-state index is 12.3. The van der Waals surface area contributed by atoms with Gasteiger partial charge in [-0.2, -0.15) is 0 Å². The Hall–Kier alpha value is -3.26. The predicted octanol–water partition coefficient (Wildman–Crippen LogP) is 2.46. The minimum Gasteiger partial charge on any atom is -0.452 e. The molecule has 9 heteroatoms. The Bertz CT molecular complexity index is 899. The van der Waals surface area contributed by atoms with Gasteiger partial charge in [-0.1, -0.05) is 29.8 Å². The molecule has 0 unspecified atom stereocenters. The van der Waals surface area contributed by atoms with Crippen molar-refractivity contribution >= 4 is 40.9 Å². The van der Waals surface area contributed by atoms with Gasteiger partial charge in [0.1, 0.15) is 0 Å². The van der Waals surface area contributed by atoms with Gasteiger partial charge in [0.15, 0.2) is 6.61 Å². The van der Waals surface area contributed by atoms with E-state index in [2.05, 4.69) is 5.32 Å². The van der Waals surface area contributed by atoms with Crippen LogP contribution in [-0.4, -0.2) is 60.5 Å². The minimum absolute atomic E-state index is 0.213. The Morgan fingerprint density at radius 1 is 1.00 bits per heavy atom. The maximum Gasteiger partial charge on any atom is 0.338 e. The summed E-state index contributed by atoms with van der Waals surface area (Å²) in [5, 5.41) is 3.16. The number of hydrogen-bond acceptors (Lipinski definition) is 5. The maximum atomic E-state index is 12.3. The summed E-state index contributed by atoms with van der Waals surface area (Å²) in [6.45, 7) is 1.15. The van der Waals surface area contributed by atoms with Crippen LogP contribution in [0.2, 0.25) is 5.02 Å². The third-order valence-corrected chi connectivity index (χ3v) is 4.85. The van der Waals surface area contributed by atoms with E-state index in [0.29, 0.717) is 36.9 Å². The molecule has 3 rings (SSSR count). The molecule has 152 valence electrons. The van der Waals surface area contributed by atoms with Gasteiger partial charge in [0, 0.05) is 31.9 Å². The summed E-state index contributed by atoms with van der Waals surface area (Å²) >= 11 is 5.82. The van der Waals surface area contributed by atoms with E-state index in [1.54, 1.807) is 21.9 Å². The van der Waals surface area contributed by atoms with E-state index in [0.717, 1.165) is 0 Å². The molecule has 3 N–H and O–H groups in total. The number of nitrogen functional groups attached to an aromatic ring is 1. The van der Waals surface area contributed by atoms with Crippen LogP contribution in [0.5, 0.6) is 0 Å². The lowest BCUT2D eigenvalue weighted by Crippen LogP contribution is -2.52. The van der Waals surface area contributed by atoms with Crippen molar-refractivity contribution in [1.29, 1.82) is 0 Å². The molecule has 1 saturated heterocycles. The number of nitrogens with one attached hydrogen (secondary N) is 1.